The van der Waals surface area contributed by atoms with Gasteiger partial charge in [0, 0.05) is 40.9 Å². The van der Waals surface area contributed by atoms with Crippen LogP contribution in [0.25, 0.3) is 0 Å². The molecule has 0 aromatic heterocycles. The summed E-state index contributed by atoms with van der Waals surface area (Å²) in [6.45, 7) is 1.74. The Kier molecular flexibility index (Phi) is 6.95. The van der Waals surface area contributed by atoms with Gasteiger partial charge in [-0.2, -0.15) is 13.2 Å². The second-order valence-corrected chi connectivity index (χ2v) is 6.93. The molecule has 0 radical (unpaired) electrons. The van der Waals surface area contributed by atoms with Gasteiger partial charge in [-0.25, -0.2) is 0 Å². The maximum atomic E-state index is 13.1. The number of anilines is 2. The van der Waals surface area contributed by atoms with Gasteiger partial charge >= 0.3 is 6.18 Å². The van der Waals surface area contributed by atoms with Crippen LogP contribution in [-0.4, -0.2) is 12.9 Å². The highest BCUT2D eigenvalue weighted by atomic mass is 79.9. The Morgan fingerprint density at radius 1 is 1.21 bits per heavy atom. The first-order valence-corrected chi connectivity index (χ1v) is 9.09. The van der Waals surface area contributed by atoms with Crippen molar-refractivity contribution in [3.8, 4) is 0 Å². The standard InChI is InChI=1S/C19H21BrF3N5/c1-11(12-7-13(19(21,22)23)9-15(25)8-12)28-18(26-2)16-10-14(20)3-4-17(16)27-6-5-24/h3-11,27H,24-25H2,1-2H3,(H,26,28)/b6-5-/t11-/m1/s1. The highest BCUT2D eigenvalue weighted by Crippen LogP contribution is 2.33. The van der Waals surface area contributed by atoms with E-state index in [-0.39, 0.29) is 5.69 Å². The molecule has 0 aliphatic heterocycles. The molecule has 5 nitrogen and oxygen atoms in total. The highest BCUT2D eigenvalue weighted by Gasteiger charge is 2.31. The summed E-state index contributed by atoms with van der Waals surface area (Å²) in [4.78, 5) is 4.26. The number of benzene rings is 2. The third-order valence-electron chi connectivity index (χ3n) is 3.95. The molecule has 0 bridgehead atoms. The number of alkyl halides is 3. The Hall–Kier alpha value is -2.68. The van der Waals surface area contributed by atoms with Crippen LogP contribution in [0.3, 0.4) is 0 Å². The van der Waals surface area contributed by atoms with Crippen molar-refractivity contribution in [2.45, 2.75) is 19.1 Å². The van der Waals surface area contributed by atoms with E-state index in [0.717, 1.165) is 27.9 Å². The zero-order chi connectivity index (χ0) is 20.9. The largest absolute Gasteiger partial charge is 0.416 e. The minimum absolute atomic E-state index is 0.0476. The van der Waals surface area contributed by atoms with Gasteiger partial charge in [-0.05, 0) is 48.9 Å². The van der Waals surface area contributed by atoms with E-state index in [1.807, 2.05) is 18.2 Å². The molecular weight excluding hydrogens is 435 g/mol. The molecule has 0 saturated carbocycles. The van der Waals surface area contributed by atoms with Crippen LogP contribution < -0.4 is 22.1 Å². The third kappa shape index (κ3) is 5.41. The topological polar surface area (TPSA) is 88.5 Å². The van der Waals surface area contributed by atoms with E-state index in [1.165, 1.54) is 12.3 Å². The van der Waals surface area contributed by atoms with Crippen LogP contribution in [0, 0.1) is 0 Å². The summed E-state index contributed by atoms with van der Waals surface area (Å²) in [5, 5.41) is 6.20. The number of halogens is 4. The lowest BCUT2D eigenvalue weighted by Gasteiger charge is -2.21. The molecule has 28 heavy (non-hydrogen) atoms. The van der Waals surface area contributed by atoms with Crippen molar-refractivity contribution in [1.82, 2.24) is 5.32 Å². The monoisotopic (exact) mass is 455 g/mol. The Morgan fingerprint density at radius 2 is 1.93 bits per heavy atom. The van der Waals surface area contributed by atoms with Crippen molar-refractivity contribution < 1.29 is 13.2 Å². The number of amidine groups is 1. The van der Waals surface area contributed by atoms with Crippen molar-refractivity contribution in [3.63, 3.8) is 0 Å². The van der Waals surface area contributed by atoms with Gasteiger partial charge in [-0.1, -0.05) is 15.9 Å². The Labute approximate surface area is 169 Å². The Morgan fingerprint density at radius 3 is 2.54 bits per heavy atom. The van der Waals surface area contributed by atoms with E-state index in [4.69, 9.17) is 11.5 Å². The highest BCUT2D eigenvalue weighted by molar-refractivity contribution is 9.10. The van der Waals surface area contributed by atoms with Crippen LogP contribution >= 0.6 is 15.9 Å². The molecule has 0 unspecified atom stereocenters. The van der Waals surface area contributed by atoms with Gasteiger partial charge in [0.25, 0.3) is 0 Å². The first kappa shape index (κ1) is 21.6. The lowest BCUT2D eigenvalue weighted by atomic mass is 10.0. The SMILES string of the molecule is CN=C(N[C@H](C)c1cc(N)cc(C(F)(F)F)c1)c1cc(Br)ccc1N/C=C\N. The molecule has 0 fully saturated rings. The minimum Gasteiger partial charge on any atom is -0.403 e. The van der Waals surface area contributed by atoms with Crippen molar-refractivity contribution in [2.24, 2.45) is 10.7 Å². The molecule has 0 spiro atoms. The lowest BCUT2D eigenvalue weighted by molar-refractivity contribution is -0.137. The van der Waals surface area contributed by atoms with Gasteiger partial charge in [0.2, 0.25) is 0 Å². The first-order valence-electron chi connectivity index (χ1n) is 8.30. The summed E-state index contributed by atoms with van der Waals surface area (Å²) >= 11 is 3.42. The van der Waals surface area contributed by atoms with Gasteiger partial charge in [0.15, 0.2) is 0 Å². The fraction of sp³-hybridized carbons (Fsp3) is 0.211. The molecule has 2 aromatic carbocycles. The molecule has 0 amide bonds. The number of nitrogens with one attached hydrogen (secondary N) is 2. The van der Waals surface area contributed by atoms with Crippen LogP contribution in [0.15, 0.2) is 58.3 Å². The second kappa shape index (κ2) is 9.01. The van der Waals surface area contributed by atoms with Crippen molar-refractivity contribution in [2.75, 3.05) is 18.1 Å². The van der Waals surface area contributed by atoms with E-state index in [1.54, 1.807) is 20.2 Å². The van der Waals surface area contributed by atoms with Crippen LogP contribution in [0.1, 0.15) is 29.7 Å². The summed E-state index contributed by atoms with van der Waals surface area (Å²) in [5.74, 6) is 0.498. The Balaban J connectivity index is 2.36. The van der Waals surface area contributed by atoms with Gasteiger partial charge in [-0.15, -0.1) is 0 Å². The van der Waals surface area contributed by atoms with Crippen LogP contribution in [0.5, 0.6) is 0 Å². The normalized spacial score (nSPS) is 13.6. The van der Waals surface area contributed by atoms with E-state index in [2.05, 4.69) is 31.6 Å². The van der Waals surface area contributed by atoms with E-state index in [0.29, 0.717) is 11.4 Å². The molecule has 0 heterocycles. The van der Waals surface area contributed by atoms with Gasteiger partial charge in [0.05, 0.1) is 11.6 Å². The maximum absolute atomic E-state index is 13.1. The molecule has 0 aliphatic rings. The molecule has 0 saturated heterocycles. The predicted molar refractivity (Wildman–Crippen MR) is 111 cm³/mol. The molecule has 6 N–H and O–H groups in total. The van der Waals surface area contributed by atoms with Gasteiger partial charge in [-0.3, -0.25) is 4.99 Å². The zero-order valence-electron chi connectivity index (χ0n) is 15.3. The van der Waals surface area contributed by atoms with E-state index < -0.39 is 17.8 Å². The quantitative estimate of drug-likeness (QED) is 0.301. The zero-order valence-corrected chi connectivity index (χ0v) is 16.9. The summed E-state index contributed by atoms with van der Waals surface area (Å²) in [6.07, 6.45) is -1.55. The molecule has 2 aromatic rings. The van der Waals surface area contributed by atoms with Crippen LogP contribution in [-0.2, 0) is 6.18 Å². The first-order chi connectivity index (χ1) is 13.2. The van der Waals surface area contributed by atoms with Crippen molar-refractivity contribution in [1.29, 1.82) is 0 Å². The lowest BCUT2D eigenvalue weighted by Crippen LogP contribution is -2.28. The average molecular weight is 456 g/mol. The molecule has 2 rings (SSSR count). The Bertz CT molecular complexity index is 894. The fourth-order valence-electron chi connectivity index (χ4n) is 2.62. The van der Waals surface area contributed by atoms with Crippen molar-refractivity contribution in [3.05, 3.63) is 70.0 Å². The average Bonchev–Trinajstić information content (AvgIpc) is 2.63. The number of rotatable bonds is 5. The smallest absolute Gasteiger partial charge is 0.403 e. The summed E-state index contributed by atoms with van der Waals surface area (Å²) in [5.41, 5.74) is 12.2. The van der Waals surface area contributed by atoms with Gasteiger partial charge < -0.3 is 22.1 Å². The molecule has 150 valence electrons. The fourth-order valence-corrected chi connectivity index (χ4v) is 2.98. The number of aliphatic imine (C=N–C) groups is 1. The molecule has 1 atom stereocenters. The van der Waals surface area contributed by atoms with Crippen LogP contribution in [0.4, 0.5) is 24.5 Å². The number of nitrogens with two attached hydrogens (primary N) is 2. The summed E-state index contributed by atoms with van der Waals surface area (Å²) < 4.78 is 40.1. The summed E-state index contributed by atoms with van der Waals surface area (Å²) in [6, 6.07) is 8.56. The number of hydrogen-bond acceptors (Lipinski definition) is 4. The molecule has 0 aliphatic carbocycles. The molecular formula is C19H21BrF3N5. The molecule has 9 heteroatoms. The van der Waals surface area contributed by atoms with Gasteiger partial charge in [0.1, 0.15) is 5.84 Å². The predicted octanol–water partition coefficient (Wildman–Crippen LogP) is 4.62. The third-order valence-corrected chi connectivity index (χ3v) is 4.45. The second-order valence-electron chi connectivity index (χ2n) is 6.02. The minimum atomic E-state index is -4.47. The maximum Gasteiger partial charge on any atom is 0.416 e. The van der Waals surface area contributed by atoms with E-state index >= 15 is 0 Å². The number of nitrogen functional groups attached to an aromatic ring is 1. The number of nitrogens with zero attached hydrogens (tertiary/aromatic N) is 1. The number of hydrogen-bond donors (Lipinski definition) is 4. The summed E-state index contributed by atoms with van der Waals surface area (Å²) in [7, 11) is 1.60. The van der Waals surface area contributed by atoms with Crippen molar-refractivity contribution >= 4 is 33.1 Å². The van der Waals surface area contributed by atoms with Crippen LogP contribution in [0.2, 0.25) is 0 Å². The van der Waals surface area contributed by atoms with E-state index in [9.17, 15) is 13.2 Å².